The maximum absolute atomic E-state index is 12.9. The summed E-state index contributed by atoms with van der Waals surface area (Å²) in [4.78, 5) is 12.0. The van der Waals surface area contributed by atoms with Crippen molar-refractivity contribution in [2.45, 2.75) is 19.6 Å². The van der Waals surface area contributed by atoms with Crippen molar-refractivity contribution in [3.8, 4) is 11.5 Å². The molecule has 0 bridgehead atoms. The van der Waals surface area contributed by atoms with Crippen LogP contribution in [0.15, 0.2) is 48.5 Å². The molecule has 0 spiro atoms. The number of benzene rings is 2. The molecule has 0 aromatic heterocycles. The largest absolute Gasteiger partial charge is 0.493 e. The minimum absolute atomic E-state index is 0.0889. The first-order valence-electron chi connectivity index (χ1n) is 7.76. The Labute approximate surface area is 149 Å². The highest BCUT2D eigenvalue weighted by molar-refractivity contribution is 5.92. The standard InChI is InChI=1S/C19H18F3NO3/c1-12(14-5-7-15(20)8-6-14)23-18(24)10-4-13-3-9-16(26-19(21)22)17(11-13)25-2/h3-12,19H,1-2H3,(H,23,24)/b10-4+/t12-/m1/s1. The third kappa shape index (κ3) is 5.54. The molecule has 0 unspecified atom stereocenters. The number of halogens is 3. The molecule has 1 atom stereocenters. The number of hydrogen-bond donors (Lipinski definition) is 1. The van der Waals surface area contributed by atoms with Crippen molar-refractivity contribution < 1.29 is 27.4 Å². The van der Waals surface area contributed by atoms with Gasteiger partial charge in [-0.3, -0.25) is 4.79 Å². The Morgan fingerprint density at radius 3 is 2.42 bits per heavy atom. The zero-order valence-electron chi connectivity index (χ0n) is 14.2. The van der Waals surface area contributed by atoms with Crippen LogP contribution in [-0.2, 0) is 4.79 Å². The zero-order chi connectivity index (χ0) is 19.1. The quantitative estimate of drug-likeness (QED) is 0.743. The molecule has 2 aromatic carbocycles. The van der Waals surface area contributed by atoms with Gasteiger partial charge in [-0.05, 0) is 48.4 Å². The molecule has 138 valence electrons. The minimum atomic E-state index is -2.95. The predicted octanol–water partition coefficient (Wildman–Crippen LogP) is 4.33. The van der Waals surface area contributed by atoms with E-state index in [1.807, 2.05) is 0 Å². The van der Waals surface area contributed by atoms with Crippen molar-refractivity contribution in [2.24, 2.45) is 0 Å². The van der Waals surface area contributed by atoms with Crippen molar-refractivity contribution in [2.75, 3.05) is 7.11 Å². The molecule has 0 saturated heterocycles. The summed E-state index contributed by atoms with van der Waals surface area (Å²) in [5, 5.41) is 2.75. The normalized spacial score (nSPS) is 12.2. The number of carbonyl (C=O) groups is 1. The van der Waals surface area contributed by atoms with E-state index in [9.17, 15) is 18.0 Å². The summed E-state index contributed by atoms with van der Waals surface area (Å²) >= 11 is 0. The van der Waals surface area contributed by atoms with Gasteiger partial charge >= 0.3 is 6.61 Å². The SMILES string of the molecule is COc1cc(/C=C/C(=O)N[C@H](C)c2ccc(F)cc2)ccc1OC(F)F. The predicted molar refractivity (Wildman–Crippen MR) is 91.6 cm³/mol. The monoisotopic (exact) mass is 365 g/mol. The first-order valence-corrected chi connectivity index (χ1v) is 7.76. The van der Waals surface area contributed by atoms with Crippen molar-refractivity contribution in [1.29, 1.82) is 0 Å². The first-order chi connectivity index (χ1) is 12.4. The van der Waals surface area contributed by atoms with E-state index in [1.165, 1.54) is 49.6 Å². The van der Waals surface area contributed by atoms with Gasteiger partial charge in [-0.15, -0.1) is 0 Å². The summed E-state index contributed by atoms with van der Waals surface area (Å²) in [6.07, 6.45) is 2.82. The molecule has 0 saturated carbocycles. The number of hydrogen-bond acceptors (Lipinski definition) is 3. The maximum atomic E-state index is 12.9. The molecule has 0 aliphatic heterocycles. The zero-order valence-corrected chi connectivity index (χ0v) is 14.2. The van der Waals surface area contributed by atoms with Crippen LogP contribution in [0.1, 0.15) is 24.1 Å². The van der Waals surface area contributed by atoms with Gasteiger partial charge in [0.1, 0.15) is 5.82 Å². The van der Waals surface area contributed by atoms with E-state index in [0.717, 1.165) is 5.56 Å². The summed E-state index contributed by atoms with van der Waals surface area (Å²) < 4.78 is 46.9. The van der Waals surface area contributed by atoms with Gasteiger partial charge in [0.05, 0.1) is 13.2 Å². The van der Waals surface area contributed by atoms with Crippen LogP contribution >= 0.6 is 0 Å². The second-order valence-corrected chi connectivity index (χ2v) is 5.40. The Hall–Kier alpha value is -2.96. The highest BCUT2D eigenvalue weighted by Gasteiger charge is 2.11. The molecule has 0 aliphatic carbocycles. The fourth-order valence-electron chi connectivity index (χ4n) is 2.25. The molecule has 26 heavy (non-hydrogen) atoms. The van der Waals surface area contributed by atoms with E-state index in [0.29, 0.717) is 5.56 Å². The van der Waals surface area contributed by atoms with Crippen molar-refractivity contribution in [3.05, 3.63) is 65.5 Å². The number of amides is 1. The van der Waals surface area contributed by atoms with Crippen molar-refractivity contribution >= 4 is 12.0 Å². The lowest BCUT2D eigenvalue weighted by Gasteiger charge is -2.13. The van der Waals surface area contributed by atoms with Crippen LogP contribution in [-0.4, -0.2) is 19.6 Å². The molecule has 0 radical (unpaired) electrons. The Morgan fingerprint density at radius 1 is 1.12 bits per heavy atom. The van der Waals surface area contributed by atoms with E-state index >= 15 is 0 Å². The lowest BCUT2D eigenvalue weighted by molar-refractivity contribution is -0.117. The molecule has 1 N–H and O–H groups in total. The van der Waals surface area contributed by atoms with Gasteiger partial charge in [0.15, 0.2) is 11.5 Å². The van der Waals surface area contributed by atoms with E-state index in [4.69, 9.17) is 4.74 Å². The number of ether oxygens (including phenoxy) is 2. The molecule has 2 aromatic rings. The van der Waals surface area contributed by atoms with Gasteiger partial charge < -0.3 is 14.8 Å². The topological polar surface area (TPSA) is 47.6 Å². The van der Waals surface area contributed by atoms with Gasteiger partial charge in [-0.25, -0.2) is 4.39 Å². The fourth-order valence-corrected chi connectivity index (χ4v) is 2.25. The molecule has 0 heterocycles. The van der Waals surface area contributed by atoms with E-state index in [2.05, 4.69) is 10.1 Å². The van der Waals surface area contributed by atoms with Crippen LogP contribution in [0.4, 0.5) is 13.2 Å². The fraction of sp³-hybridized carbons (Fsp3) is 0.211. The van der Waals surface area contributed by atoms with Crippen LogP contribution in [0.25, 0.3) is 6.08 Å². The highest BCUT2D eigenvalue weighted by atomic mass is 19.3. The Morgan fingerprint density at radius 2 is 1.81 bits per heavy atom. The average Bonchev–Trinajstić information content (AvgIpc) is 2.60. The van der Waals surface area contributed by atoms with Crippen molar-refractivity contribution in [1.82, 2.24) is 5.32 Å². The maximum Gasteiger partial charge on any atom is 0.387 e. The minimum Gasteiger partial charge on any atom is -0.493 e. The number of alkyl halides is 2. The van der Waals surface area contributed by atoms with Gasteiger partial charge in [0.25, 0.3) is 0 Å². The Kier molecular flexibility index (Phi) is 6.66. The molecule has 7 heteroatoms. The summed E-state index contributed by atoms with van der Waals surface area (Å²) in [5.41, 5.74) is 1.34. The van der Waals surface area contributed by atoms with Gasteiger partial charge in [0.2, 0.25) is 5.91 Å². The molecular formula is C19H18F3NO3. The molecule has 2 rings (SSSR count). The summed E-state index contributed by atoms with van der Waals surface area (Å²) in [5.74, 6) is -0.657. The second kappa shape index (κ2) is 8.94. The van der Waals surface area contributed by atoms with Gasteiger partial charge in [0, 0.05) is 6.08 Å². The van der Waals surface area contributed by atoms with Gasteiger partial charge in [-0.2, -0.15) is 8.78 Å². The lowest BCUT2D eigenvalue weighted by Crippen LogP contribution is -2.24. The summed E-state index contributed by atoms with van der Waals surface area (Å²) in [6, 6.07) is 9.87. The molecule has 0 aliphatic rings. The van der Waals surface area contributed by atoms with E-state index in [1.54, 1.807) is 19.1 Å². The molecular weight excluding hydrogens is 347 g/mol. The van der Waals surface area contributed by atoms with Gasteiger partial charge in [-0.1, -0.05) is 18.2 Å². The van der Waals surface area contributed by atoms with Crippen LogP contribution in [0, 0.1) is 5.82 Å². The highest BCUT2D eigenvalue weighted by Crippen LogP contribution is 2.29. The Balaban J connectivity index is 2.01. The summed E-state index contributed by atoms with van der Waals surface area (Å²) in [7, 11) is 1.33. The Bertz CT molecular complexity index is 776. The van der Waals surface area contributed by atoms with E-state index < -0.39 is 6.61 Å². The smallest absolute Gasteiger partial charge is 0.387 e. The third-order valence-electron chi connectivity index (χ3n) is 3.56. The number of rotatable bonds is 7. The van der Waals surface area contributed by atoms with Crippen LogP contribution in [0.2, 0.25) is 0 Å². The summed E-state index contributed by atoms with van der Waals surface area (Å²) in [6.45, 7) is -1.18. The third-order valence-corrected chi connectivity index (χ3v) is 3.56. The van der Waals surface area contributed by atoms with Crippen LogP contribution in [0.5, 0.6) is 11.5 Å². The number of nitrogens with one attached hydrogen (secondary N) is 1. The van der Waals surface area contributed by atoms with Crippen LogP contribution < -0.4 is 14.8 Å². The molecule has 1 amide bonds. The van der Waals surface area contributed by atoms with Crippen LogP contribution in [0.3, 0.4) is 0 Å². The number of carbonyl (C=O) groups excluding carboxylic acids is 1. The average molecular weight is 365 g/mol. The lowest BCUT2D eigenvalue weighted by atomic mass is 10.1. The first kappa shape index (κ1) is 19.4. The number of methoxy groups -OCH3 is 1. The second-order valence-electron chi connectivity index (χ2n) is 5.40. The molecule has 0 fully saturated rings. The van der Waals surface area contributed by atoms with E-state index in [-0.39, 0.29) is 29.3 Å². The molecule has 4 nitrogen and oxygen atoms in total. The van der Waals surface area contributed by atoms with Crippen molar-refractivity contribution in [3.63, 3.8) is 0 Å².